The molecule has 1 heterocycles. The van der Waals surface area contributed by atoms with Crippen molar-refractivity contribution in [1.29, 1.82) is 0 Å². The number of carbonyl (C=O) groups excluding carboxylic acids is 1. The Labute approximate surface area is 170 Å². The molecule has 1 saturated heterocycles. The van der Waals surface area contributed by atoms with Gasteiger partial charge in [-0.1, -0.05) is 20.8 Å². The molecule has 27 heavy (non-hydrogen) atoms. The second-order valence-electron chi connectivity index (χ2n) is 9.99. The third-order valence-corrected chi connectivity index (χ3v) is 12.8. The van der Waals surface area contributed by atoms with E-state index in [0.717, 1.165) is 10.8 Å². The second-order valence-corrected chi connectivity index (χ2v) is 19.6. The highest BCUT2D eigenvalue weighted by Crippen LogP contribution is 2.43. The van der Waals surface area contributed by atoms with Crippen molar-refractivity contribution < 1.29 is 22.4 Å². The fourth-order valence-electron chi connectivity index (χ4n) is 2.52. The number of hydrogen-bond donors (Lipinski definition) is 0. The largest absolute Gasteiger partial charge is 0.444 e. The highest BCUT2D eigenvalue weighted by Gasteiger charge is 2.44. The van der Waals surface area contributed by atoms with Crippen LogP contribution in [0.4, 0.5) is 4.79 Å². The van der Waals surface area contributed by atoms with Gasteiger partial charge in [0, 0.05) is 26.0 Å². The van der Waals surface area contributed by atoms with Crippen molar-refractivity contribution >= 4 is 34.1 Å². The van der Waals surface area contributed by atoms with Gasteiger partial charge in [0.05, 0.1) is 4.75 Å². The van der Waals surface area contributed by atoms with E-state index in [1.54, 1.807) is 4.90 Å². The average Bonchev–Trinajstić information content (AvgIpc) is 2.41. The molecule has 0 N–H and O–H groups in total. The molecular formula is C18H37NO5S2Si. The summed E-state index contributed by atoms with van der Waals surface area (Å²) in [6.07, 6.45) is 2.04. The Morgan fingerprint density at radius 1 is 1.11 bits per heavy atom. The molecule has 0 atom stereocenters. The molecule has 1 rings (SSSR count). The monoisotopic (exact) mass is 439 g/mol. The fraction of sp³-hybridized carbons (Fsp3) is 0.944. The van der Waals surface area contributed by atoms with Crippen LogP contribution >= 0.6 is 10.8 Å². The molecule has 0 aliphatic carbocycles. The Morgan fingerprint density at radius 3 is 1.96 bits per heavy atom. The van der Waals surface area contributed by atoms with Gasteiger partial charge in [-0.15, -0.1) is 0 Å². The van der Waals surface area contributed by atoms with Gasteiger partial charge in [0.2, 0.25) is 0 Å². The van der Waals surface area contributed by atoms with Crippen molar-refractivity contribution in [2.45, 2.75) is 82.9 Å². The first-order valence-electron chi connectivity index (χ1n) is 9.38. The smallest absolute Gasteiger partial charge is 0.410 e. The summed E-state index contributed by atoms with van der Waals surface area (Å²) in [5, 5.41) is 0.0567. The lowest BCUT2D eigenvalue weighted by molar-refractivity contribution is 0.0182. The molecular weight excluding hydrogens is 402 g/mol. The van der Waals surface area contributed by atoms with Gasteiger partial charge < -0.3 is 14.1 Å². The van der Waals surface area contributed by atoms with Gasteiger partial charge in [-0.3, -0.25) is 0 Å². The number of hydrogen-bond acceptors (Lipinski definition) is 6. The molecule has 1 aliphatic rings. The number of ether oxygens (including phenoxy) is 1. The van der Waals surface area contributed by atoms with Gasteiger partial charge >= 0.3 is 6.09 Å². The van der Waals surface area contributed by atoms with Crippen molar-refractivity contribution in [2.75, 3.05) is 26.0 Å². The standard InChI is InChI=1S/C18H37NO5S2Si/c1-16(2,3)24-15(20)19-12-10-18(11-13-19,25-26(7,21)22)14-23-27(8,9)17(4,5)6/h10-14H2,1-9H3. The summed E-state index contributed by atoms with van der Waals surface area (Å²) in [5.41, 5.74) is -0.543. The van der Waals surface area contributed by atoms with E-state index < -0.39 is 27.5 Å². The van der Waals surface area contributed by atoms with E-state index in [2.05, 4.69) is 33.9 Å². The topological polar surface area (TPSA) is 72.9 Å². The molecule has 0 saturated carbocycles. The van der Waals surface area contributed by atoms with E-state index in [1.165, 1.54) is 6.26 Å². The second kappa shape index (κ2) is 8.24. The van der Waals surface area contributed by atoms with Crippen LogP contribution in [0.1, 0.15) is 54.4 Å². The molecule has 9 heteroatoms. The van der Waals surface area contributed by atoms with Gasteiger partial charge in [-0.2, -0.15) is 0 Å². The third kappa shape index (κ3) is 7.95. The predicted molar refractivity (Wildman–Crippen MR) is 115 cm³/mol. The summed E-state index contributed by atoms with van der Waals surface area (Å²) in [4.78, 5) is 14.0. The van der Waals surface area contributed by atoms with Crippen molar-refractivity contribution in [1.82, 2.24) is 4.90 Å². The van der Waals surface area contributed by atoms with Crippen LogP contribution in [-0.2, 0) is 18.0 Å². The van der Waals surface area contributed by atoms with E-state index >= 15 is 0 Å². The van der Waals surface area contributed by atoms with Crippen LogP contribution in [-0.4, -0.2) is 64.0 Å². The first-order chi connectivity index (χ1) is 11.9. The zero-order valence-electron chi connectivity index (χ0n) is 18.3. The SMILES string of the molecule is CC(C)(C)OC(=O)N1CCC(CO[Si](C)(C)C(C)(C)C)(SS(C)(=O)=O)CC1. The van der Waals surface area contributed by atoms with Crippen LogP contribution in [0.2, 0.25) is 18.1 Å². The lowest BCUT2D eigenvalue weighted by atomic mass is 9.97. The highest BCUT2D eigenvalue weighted by atomic mass is 33.1. The molecule has 0 aromatic heterocycles. The molecule has 1 aliphatic heterocycles. The van der Waals surface area contributed by atoms with Gasteiger partial charge in [0.15, 0.2) is 17.2 Å². The number of amides is 1. The number of likely N-dealkylation sites (tertiary alicyclic amines) is 1. The minimum Gasteiger partial charge on any atom is -0.444 e. The molecule has 0 aromatic rings. The zero-order chi connectivity index (χ0) is 21.3. The van der Waals surface area contributed by atoms with Crippen molar-refractivity contribution in [2.24, 2.45) is 0 Å². The molecule has 6 nitrogen and oxygen atoms in total. The van der Waals surface area contributed by atoms with Crippen LogP contribution < -0.4 is 0 Å². The molecule has 160 valence electrons. The Morgan fingerprint density at radius 2 is 1.59 bits per heavy atom. The molecule has 0 bridgehead atoms. The summed E-state index contributed by atoms with van der Waals surface area (Å²) in [6, 6.07) is 0. The minimum absolute atomic E-state index is 0.0567. The number of rotatable bonds is 5. The van der Waals surface area contributed by atoms with E-state index in [-0.39, 0.29) is 11.1 Å². The van der Waals surface area contributed by atoms with Crippen molar-refractivity contribution in [3.8, 4) is 0 Å². The zero-order valence-corrected chi connectivity index (χ0v) is 21.0. The summed E-state index contributed by atoms with van der Waals surface area (Å²) in [5.74, 6) is 0. The number of piperidine rings is 1. The van der Waals surface area contributed by atoms with E-state index in [1.807, 2.05) is 20.8 Å². The Balaban J connectivity index is 2.88. The summed E-state index contributed by atoms with van der Waals surface area (Å²) < 4.78 is 35.4. The molecule has 0 aromatic carbocycles. The van der Waals surface area contributed by atoms with Gasteiger partial charge in [0.25, 0.3) is 0 Å². The molecule has 0 unspecified atom stereocenters. The third-order valence-electron chi connectivity index (χ3n) is 5.16. The van der Waals surface area contributed by atoms with Crippen LogP contribution in [0.5, 0.6) is 0 Å². The fourth-order valence-corrected chi connectivity index (χ4v) is 7.37. The van der Waals surface area contributed by atoms with Crippen LogP contribution in [0.3, 0.4) is 0 Å². The maximum absolute atomic E-state index is 12.3. The maximum Gasteiger partial charge on any atom is 0.410 e. The maximum atomic E-state index is 12.3. The number of nitrogens with zero attached hydrogens (tertiary/aromatic N) is 1. The molecule has 0 radical (unpaired) electrons. The van der Waals surface area contributed by atoms with Gasteiger partial charge in [0.1, 0.15) is 5.60 Å². The van der Waals surface area contributed by atoms with E-state index in [0.29, 0.717) is 32.5 Å². The lowest BCUT2D eigenvalue weighted by Gasteiger charge is -2.44. The summed E-state index contributed by atoms with van der Waals surface area (Å²) in [6.45, 7) is 17.7. The number of carbonyl (C=O) groups is 1. The van der Waals surface area contributed by atoms with Crippen LogP contribution in [0.25, 0.3) is 0 Å². The first-order valence-corrected chi connectivity index (χ1v) is 15.5. The Kier molecular flexibility index (Phi) is 7.56. The quantitative estimate of drug-likeness (QED) is 0.465. The van der Waals surface area contributed by atoms with E-state index in [9.17, 15) is 13.2 Å². The normalized spacial score (nSPS) is 19.1. The molecule has 1 amide bonds. The lowest BCUT2D eigenvalue weighted by Crippen LogP contribution is -2.51. The molecule has 0 spiro atoms. The predicted octanol–water partition coefficient (Wildman–Crippen LogP) is 4.47. The van der Waals surface area contributed by atoms with Crippen LogP contribution in [0, 0.1) is 0 Å². The minimum atomic E-state index is -3.23. The van der Waals surface area contributed by atoms with Gasteiger partial charge in [-0.05, 0) is 62.5 Å². The van der Waals surface area contributed by atoms with Crippen LogP contribution in [0.15, 0.2) is 0 Å². The summed E-state index contributed by atoms with van der Waals surface area (Å²) in [7, 11) is -4.24. The van der Waals surface area contributed by atoms with E-state index in [4.69, 9.17) is 9.16 Å². The average molecular weight is 440 g/mol. The van der Waals surface area contributed by atoms with Crippen molar-refractivity contribution in [3.63, 3.8) is 0 Å². The first kappa shape index (κ1) is 24.8. The van der Waals surface area contributed by atoms with Crippen molar-refractivity contribution in [3.05, 3.63) is 0 Å². The summed E-state index contributed by atoms with van der Waals surface area (Å²) >= 11 is 0. The highest BCUT2D eigenvalue weighted by molar-refractivity contribution is 8.72. The Hall–Kier alpha value is -0.253. The molecule has 1 fully saturated rings. The van der Waals surface area contributed by atoms with Gasteiger partial charge in [-0.25, -0.2) is 13.2 Å². The Bertz CT molecular complexity index is 627.